The van der Waals surface area contributed by atoms with Gasteiger partial charge in [0.2, 0.25) is 0 Å². The molecule has 0 radical (unpaired) electrons. The fourth-order valence-corrected chi connectivity index (χ4v) is 4.40. The van der Waals surface area contributed by atoms with Crippen LogP contribution < -0.4 is 15.8 Å². The van der Waals surface area contributed by atoms with Crippen LogP contribution in [0.4, 0.5) is 11.4 Å². The van der Waals surface area contributed by atoms with Crippen LogP contribution in [0.2, 0.25) is 0 Å². The lowest BCUT2D eigenvalue weighted by Gasteiger charge is -2.24. The van der Waals surface area contributed by atoms with Crippen LogP contribution in [0.25, 0.3) is 22.8 Å². The lowest BCUT2D eigenvalue weighted by atomic mass is 9.89. The zero-order valence-electron chi connectivity index (χ0n) is 14.7. The molecule has 0 unspecified atom stereocenters. The number of benzene rings is 4. The molecule has 0 fully saturated rings. The van der Waals surface area contributed by atoms with Crippen molar-refractivity contribution in [1.29, 1.82) is 0 Å². The van der Waals surface area contributed by atoms with Crippen LogP contribution in [0.5, 0.6) is 0 Å². The topological polar surface area (TPSA) is 12.0 Å². The van der Waals surface area contributed by atoms with Crippen LogP contribution in [0, 0.1) is 0 Å². The molecule has 1 N–H and O–H groups in total. The van der Waals surface area contributed by atoms with Gasteiger partial charge < -0.3 is 5.32 Å². The molecule has 1 heteroatoms. The van der Waals surface area contributed by atoms with Crippen molar-refractivity contribution >= 4 is 23.0 Å². The molecule has 27 heavy (non-hydrogen) atoms. The molecule has 4 aromatic rings. The molecule has 0 saturated carbocycles. The van der Waals surface area contributed by atoms with E-state index in [1.807, 2.05) is 0 Å². The molecule has 0 amide bonds. The lowest BCUT2D eigenvalue weighted by molar-refractivity contribution is 1.39. The minimum absolute atomic E-state index is 1.17. The lowest BCUT2D eigenvalue weighted by Crippen LogP contribution is -2.29. The van der Waals surface area contributed by atoms with E-state index in [1.165, 1.54) is 55.2 Å². The molecule has 126 valence electrons. The predicted molar refractivity (Wildman–Crippen MR) is 112 cm³/mol. The normalized spacial score (nSPS) is 13.0. The maximum absolute atomic E-state index is 3.59. The van der Waals surface area contributed by atoms with Gasteiger partial charge in [-0.15, -0.1) is 0 Å². The van der Waals surface area contributed by atoms with Crippen LogP contribution in [-0.2, 0) is 0 Å². The number of hydrogen-bond donors (Lipinski definition) is 1. The third-order valence-corrected chi connectivity index (χ3v) is 5.59. The summed E-state index contributed by atoms with van der Waals surface area (Å²) in [5, 5.41) is 6.21. The van der Waals surface area contributed by atoms with Gasteiger partial charge in [0, 0.05) is 28.1 Å². The van der Waals surface area contributed by atoms with E-state index in [-0.39, 0.29) is 0 Å². The number of hydrogen-bond acceptors (Lipinski definition) is 1. The first-order chi connectivity index (χ1) is 13.4. The smallest absolute Gasteiger partial charge is 0.0464 e. The van der Waals surface area contributed by atoms with Gasteiger partial charge >= 0.3 is 0 Å². The molecule has 1 heterocycles. The second kappa shape index (κ2) is 5.46. The largest absolute Gasteiger partial charge is 0.355 e. The van der Waals surface area contributed by atoms with Gasteiger partial charge in [-0.2, -0.15) is 0 Å². The Bertz CT molecular complexity index is 1300. The van der Waals surface area contributed by atoms with Crippen LogP contribution in [0.15, 0.2) is 91.0 Å². The van der Waals surface area contributed by atoms with E-state index in [9.17, 15) is 0 Å². The molecule has 0 atom stereocenters. The predicted octanol–water partition coefficient (Wildman–Crippen LogP) is 4.80. The number of para-hydroxylation sites is 2. The quantitative estimate of drug-likeness (QED) is 0.418. The van der Waals surface area contributed by atoms with Crippen molar-refractivity contribution in [3.05, 3.63) is 118 Å². The van der Waals surface area contributed by atoms with Crippen LogP contribution in [0.3, 0.4) is 0 Å². The maximum Gasteiger partial charge on any atom is 0.0464 e. The maximum atomic E-state index is 3.59. The van der Waals surface area contributed by atoms with Gasteiger partial charge in [-0.05, 0) is 45.3 Å². The van der Waals surface area contributed by atoms with Gasteiger partial charge in [0.15, 0.2) is 0 Å². The number of fused-ring (bicyclic) bond motifs is 5. The molecule has 4 aromatic carbocycles. The highest BCUT2D eigenvalue weighted by Gasteiger charge is 2.21. The first kappa shape index (κ1) is 14.6. The summed E-state index contributed by atoms with van der Waals surface area (Å²) in [5.74, 6) is 0. The Labute approximate surface area is 157 Å². The Morgan fingerprint density at radius 2 is 1.07 bits per heavy atom. The second-order valence-corrected chi connectivity index (χ2v) is 7.09. The Morgan fingerprint density at radius 3 is 1.81 bits per heavy atom. The zero-order chi connectivity index (χ0) is 17.8. The molecule has 0 aromatic heterocycles. The minimum Gasteiger partial charge on any atom is -0.355 e. The van der Waals surface area contributed by atoms with Crippen molar-refractivity contribution in [3.63, 3.8) is 0 Å². The van der Waals surface area contributed by atoms with Gasteiger partial charge in [0.25, 0.3) is 0 Å². The molecule has 0 bridgehead atoms. The molecule has 1 nitrogen and oxygen atoms in total. The molecule has 1 aliphatic carbocycles. The van der Waals surface area contributed by atoms with Crippen molar-refractivity contribution in [3.8, 4) is 11.1 Å². The highest BCUT2D eigenvalue weighted by molar-refractivity contribution is 5.97. The van der Waals surface area contributed by atoms with E-state index in [4.69, 9.17) is 0 Å². The molecule has 1 aliphatic heterocycles. The number of nitrogens with one attached hydrogen (secondary N) is 1. The van der Waals surface area contributed by atoms with Crippen LogP contribution >= 0.6 is 0 Å². The van der Waals surface area contributed by atoms with E-state index >= 15 is 0 Å². The van der Waals surface area contributed by atoms with E-state index in [0.717, 1.165) is 0 Å². The summed E-state index contributed by atoms with van der Waals surface area (Å²) in [6, 6.07) is 32.5. The fraction of sp³-hybridized carbons (Fsp3) is 0. The first-order valence-corrected chi connectivity index (χ1v) is 9.30. The average molecular weight is 343 g/mol. The summed E-state index contributed by atoms with van der Waals surface area (Å²) in [7, 11) is 0. The monoisotopic (exact) mass is 343 g/mol. The Morgan fingerprint density at radius 1 is 0.481 bits per heavy atom. The van der Waals surface area contributed by atoms with Crippen molar-refractivity contribution < 1.29 is 0 Å². The average Bonchev–Trinajstić information content (AvgIpc) is 3.11. The van der Waals surface area contributed by atoms with E-state index in [2.05, 4.69) is 102 Å². The van der Waals surface area contributed by atoms with Gasteiger partial charge in [-0.25, -0.2) is 0 Å². The fourth-order valence-electron chi connectivity index (χ4n) is 4.40. The van der Waals surface area contributed by atoms with E-state index in [1.54, 1.807) is 0 Å². The minimum atomic E-state index is 1.17. The molecule has 0 saturated heterocycles. The first-order valence-electron chi connectivity index (χ1n) is 9.30. The third-order valence-electron chi connectivity index (χ3n) is 5.59. The third kappa shape index (κ3) is 2.06. The summed E-state index contributed by atoms with van der Waals surface area (Å²) < 4.78 is 0. The van der Waals surface area contributed by atoms with E-state index < -0.39 is 0 Å². The van der Waals surface area contributed by atoms with Gasteiger partial charge in [-0.1, -0.05) is 78.9 Å². The van der Waals surface area contributed by atoms with Crippen LogP contribution in [-0.4, -0.2) is 0 Å². The summed E-state index contributed by atoms with van der Waals surface area (Å²) in [6.45, 7) is 0. The van der Waals surface area contributed by atoms with E-state index in [0.29, 0.717) is 0 Å². The molecule has 2 aliphatic rings. The summed E-state index contributed by atoms with van der Waals surface area (Å²) in [6.07, 6.45) is 2.33. The molecular weight excluding hydrogens is 326 g/mol. The molecule has 0 spiro atoms. The number of rotatable bonds is 0. The van der Waals surface area contributed by atoms with Crippen LogP contribution in [0.1, 0.15) is 16.7 Å². The Kier molecular flexibility index (Phi) is 2.95. The highest BCUT2D eigenvalue weighted by atomic mass is 14.9. The Balaban J connectivity index is 1.81. The van der Waals surface area contributed by atoms with Gasteiger partial charge in [-0.3, -0.25) is 0 Å². The molecule has 6 rings (SSSR count). The van der Waals surface area contributed by atoms with Crippen molar-refractivity contribution in [2.75, 3.05) is 5.32 Å². The van der Waals surface area contributed by atoms with Crippen molar-refractivity contribution in [2.24, 2.45) is 0 Å². The number of anilines is 2. The highest BCUT2D eigenvalue weighted by Crippen LogP contribution is 2.38. The van der Waals surface area contributed by atoms with Gasteiger partial charge in [0.1, 0.15) is 0 Å². The SMILES string of the molecule is C1=c2c(cccc2=C2c3ccccc3Nc3ccccc32)-c2ccccc21. The standard InChI is InChI=1S/C26H17N/c1-2-9-18-17(8-1)16-23-19(18)12-7-13-20(23)26-21-10-3-5-14-24(21)27-25-15-6-4-11-22(25)26/h1-16,27H. The summed E-state index contributed by atoms with van der Waals surface area (Å²) in [5.41, 5.74) is 10.1. The van der Waals surface area contributed by atoms with Gasteiger partial charge in [0.05, 0.1) is 0 Å². The Hall–Kier alpha value is -3.58. The van der Waals surface area contributed by atoms with Crippen molar-refractivity contribution in [2.45, 2.75) is 0 Å². The second-order valence-electron chi connectivity index (χ2n) is 7.09. The summed E-state index contributed by atoms with van der Waals surface area (Å²) >= 11 is 0. The van der Waals surface area contributed by atoms with Crippen molar-refractivity contribution in [1.82, 2.24) is 0 Å². The zero-order valence-corrected chi connectivity index (χ0v) is 14.7. The molecular formula is C26H17N. The summed E-state index contributed by atoms with van der Waals surface area (Å²) in [4.78, 5) is 0.